The highest BCUT2D eigenvalue weighted by Crippen LogP contribution is 2.41. The van der Waals surface area contributed by atoms with Crippen molar-refractivity contribution in [3.05, 3.63) is 108 Å². The molecule has 28 heavy (non-hydrogen) atoms. The molecule has 0 aromatic heterocycles. The molecular formula is C25H24O3. The maximum absolute atomic E-state index is 11.8. The maximum Gasteiger partial charge on any atom is 0.309 e. The second-order valence-electron chi connectivity index (χ2n) is 7.29. The van der Waals surface area contributed by atoms with Crippen LogP contribution < -0.4 is 0 Å². The molecule has 1 fully saturated rings. The highest BCUT2D eigenvalue weighted by atomic mass is 16.6. The summed E-state index contributed by atoms with van der Waals surface area (Å²) in [5.74, 6) is -0.216. The fourth-order valence-electron chi connectivity index (χ4n) is 3.91. The zero-order valence-corrected chi connectivity index (χ0v) is 16.0. The van der Waals surface area contributed by atoms with E-state index in [-0.39, 0.29) is 18.0 Å². The molecule has 3 heteroatoms. The van der Waals surface area contributed by atoms with Crippen LogP contribution in [0.1, 0.15) is 30.0 Å². The predicted octanol–water partition coefficient (Wildman–Crippen LogP) is 4.95. The minimum Gasteiger partial charge on any atom is -0.460 e. The summed E-state index contributed by atoms with van der Waals surface area (Å²) in [6.07, 6.45) is 0.464. The van der Waals surface area contributed by atoms with E-state index in [1.165, 1.54) is 0 Å². The van der Waals surface area contributed by atoms with Gasteiger partial charge in [-0.1, -0.05) is 97.9 Å². The average Bonchev–Trinajstić information content (AvgIpc) is 3.08. The summed E-state index contributed by atoms with van der Waals surface area (Å²) in [5, 5.41) is 0. The Morgan fingerprint density at radius 2 is 1.25 bits per heavy atom. The molecule has 0 bridgehead atoms. The van der Waals surface area contributed by atoms with Crippen molar-refractivity contribution < 1.29 is 14.3 Å². The molecule has 4 rings (SSSR count). The molecule has 3 aromatic rings. The van der Waals surface area contributed by atoms with Crippen molar-refractivity contribution in [2.75, 3.05) is 6.61 Å². The molecule has 1 heterocycles. The third-order valence-electron chi connectivity index (χ3n) is 5.33. The van der Waals surface area contributed by atoms with Crippen LogP contribution in [0.15, 0.2) is 91.0 Å². The van der Waals surface area contributed by atoms with Crippen LogP contribution in [-0.4, -0.2) is 18.7 Å². The highest BCUT2D eigenvalue weighted by Gasteiger charge is 2.40. The molecule has 0 saturated carbocycles. The second kappa shape index (κ2) is 7.99. The van der Waals surface area contributed by atoms with Gasteiger partial charge in [-0.3, -0.25) is 4.79 Å². The Bertz CT molecular complexity index is 810. The predicted molar refractivity (Wildman–Crippen MR) is 109 cm³/mol. The standard InChI is InChI=1S/C25H24O3/c1-19-17-23(28-24(19)26)18-27-25(20-11-5-2-6-12-20,21-13-7-3-8-14-21)22-15-9-4-10-16-22/h2-16,19,23H,17-18H2,1H3/t19?,23-/m0/s1. The van der Waals surface area contributed by atoms with Crippen molar-refractivity contribution in [3.8, 4) is 0 Å². The van der Waals surface area contributed by atoms with Gasteiger partial charge in [-0.15, -0.1) is 0 Å². The molecule has 1 unspecified atom stereocenters. The van der Waals surface area contributed by atoms with E-state index in [0.29, 0.717) is 13.0 Å². The zero-order chi connectivity index (χ0) is 19.4. The van der Waals surface area contributed by atoms with Gasteiger partial charge < -0.3 is 9.47 Å². The van der Waals surface area contributed by atoms with Gasteiger partial charge in [0.2, 0.25) is 0 Å². The van der Waals surface area contributed by atoms with E-state index < -0.39 is 5.60 Å². The van der Waals surface area contributed by atoms with E-state index >= 15 is 0 Å². The quantitative estimate of drug-likeness (QED) is 0.454. The molecule has 0 spiro atoms. The van der Waals surface area contributed by atoms with Gasteiger partial charge in [0, 0.05) is 0 Å². The molecule has 2 atom stereocenters. The lowest BCUT2D eigenvalue weighted by Crippen LogP contribution is -2.35. The third-order valence-corrected chi connectivity index (χ3v) is 5.33. The van der Waals surface area contributed by atoms with Gasteiger partial charge in [0.25, 0.3) is 0 Å². The molecule has 0 amide bonds. The number of cyclic esters (lactones) is 1. The number of benzene rings is 3. The molecule has 0 radical (unpaired) electrons. The Kier molecular flexibility index (Phi) is 5.27. The van der Waals surface area contributed by atoms with Crippen LogP contribution in [0.3, 0.4) is 0 Å². The van der Waals surface area contributed by atoms with E-state index in [0.717, 1.165) is 16.7 Å². The Morgan fingerprint density at radius 3 is 1.61 bits per heavy atom. The Hall–Kier alpha value is -2.91. The first-order chi connectivity index (χ1) is 13.7. The van der Waals surface area contributed by atoms with Crippen LogP contribution in [-0.2, 0) is 19.9 Å². The molecule has 1 aliphatic heterocycles. The second-order valence-corrected chi connectivity index (χ2v) is 7.29. The number of hydrogen-bond donors (Lipinski definition) is 0. The first kappa shape index (κ1) is 18.5. The van der Waals surface area contributed by atoms with Crippen LogP contribution in [0.25, 0.3) is 0 Å². The summed E-state index contributed by atoms with van der Waals surface area (Å²) in [6, 6.07) is 30.7. The molecule has 0 aliphatic carbocycles. The first-order valence-electron chi connectivity index (χ1n) is 9.71. The van der Waals surface area contributed by atoms with E-state index in [1.807, 2.05) is 61.5 Å². The summed E-state index contributed by atoms with van der Waals surface area (Å²) in [4.78, 5) is 11.8. The molecular weight excluding hydrogens is 348 g/mol. The number of carbonyl (C=O) groups excluding carboxylic acids is 1. The highest BCUT2D eigenvalue weighted by molar-refractivity contribution is 5.74. The van der Waals surface area contributed by atoms with Crippen molar-refractivity contribution in [2.24, 2.45) is 5.92 Å². The van der Waals surface area contributed by atoms with Crippen LogP contribution in [0.5, 0.6) is 0 Å². The van der Waals surface area contributed by atoms with Gasteiger partial charge in [-0.25, -0.2) is 0 Å². The van der Waals surface area contributed by atoms with Gasteiger partial charge in [0.05, 0.1) is 12.5 Å². The average molecular weight is 372 g/mol. The van der Waals surface area contributed by atoms with Gasteiger partial charge in [0.15, 0.2) is 0 Å². The lowest BCUT2D eigenvalue weighted by atomic mass is 9.80. The maximum atomic E-state index is 11.8. The van der Waals surface area contributed by atoms with E-state index in [2.05, 4.69) is 36.4 Å². The van der Waals surface area contributed by atoms with Gasteiger partial charge in [-0.2, -0.15) is 0 Å². The molecule has 3 aromatic carbocycles. The number of carbonyl (C=O) groups is 1. The van der Waals surface area contributed by atoms with Crippen molar-refractivity contribution in [1.82, 2.24) is 0 Å². The van der Waals surface area contributed by atoms with Crippen molar-refractivity contribution in [2.45, 2.75) is 25.0 Å². The number of hydrogen-bond acceptors (Lipinski definition) is 3. The lowest BCUT2D eigenvalue weighted by molar-refractivity contribution is -0.147. The minimum absolute atomic E-state index is 0.0758. The largest absolute Gasteiger partial charge is 0.460 e. The monoisotopic (exact) mass is 372 g/mol. The van der Waals surface area contributed by atoms with Crippen molar-refractivity contribution >= 4 is 5.97 Å². The molecule has 3 nitrogen and oxygen atoms in total. The topological polar surface area (TPSA) is 35.5 Å². The lowest BCUT2D eigenvalue weighted by Gasteiger charge is -2.36. The van der Waals surface area contributed by atoms with Crippen LogP contribution in [0, 0.1) is 5.92 Å². The third kappa shape index (κ3) is 3.46. The molecule has 142 valence electrons. The SMILES string of the molecule is CC1C[C@@H](COC(c2ccccc2)(c2ccccc2)c2ccccc2)OC1=O. The molecule has 0 N–H and O–H groups in total. The number of ether oxygens (including phenoxy) is 2. The zero-order valence-electron chi connectivity index (χ0n) is 16.0. The van der Waals surface area contributed by atoms with E-state index in [1.54, 1.807) is 0 Å². The van der Waals surface area contributed by atoms with Gasteiger partial charge in [0.1, 0.15) is 11.7 Å². The van der Waals surface area contributed by atoms with Crippen LogP contribution in [0.2, 0.25) is 0 Å². The summed E-state index contributed by atoms with van der Waals surface area (Å²) >= 11 is 0. The van der Waals surface area contributed by atoms with Crippen LogP contribution in [0.4, 0.5) is 0 Å². The van der Waals surface area contributed by atoms with E-state index in [9.17, 15) is 4.79 Å². The van der Waals surface area contributed by atoms with Gasteiger partial charge in [-0.05, 0) is 23.1 Å². The van der Waals surface area contributed by atoms with Gasteiger partial charge >= 0.3 is 5.97 Å². The normalized spacial score (nSPS) is 19.4. The Labute approximate surface area is 165 Å². The molecule has 1 saturated heterocycles. The van der Waals surface area contributed by atoms with Crippen molar-refractivity contribution in [1.29, 1.82) is 0 Å². The fourth-order valence-corrected chi connectivity index (χ4v) is 3.91. The molecule has 1 aliphatic rings. The Balaban J connectivity index is 1.80. The summed E-state index contributed by atoms with van der Waals surface area (Å²) in [7, 11) is 0. The van der Waals surface area contributed by atoms with E-state index in [4.69, 9.17) is 9.47 Å². The van der Waals surface area contributed by atoms with Crippen molar-refractivity contribution in [3.63, 3.8) is 0 Å². The summed E-state index contributed by atoms with van der Waals surface area (Å²) in [6.45, 7) is 2.25. The first-order valence-corrected chi connectivity index (χ1v) is 9.71. The Morgan fingerprint density at radius 1 is 0.821 bits per heavy atom. The summed E-state index contributed by atoms with van der Waals surface area (Å²) in [5.41, 5.74) is 2.36. The smallest absolute Gasteiger partial charge is 0.309 e. The fraction of sp³-hybridized carbons (Fsp3) is 0.240. The number of esters is 1. The minimum atomic E-state index is -0.776. The number of rotatable bonds is 6. The summed E-state index contributed by atoms with van der Waals surface area (Å²) < 4.78 is 12.2. The van der Waals surface area contributed by atoms with Crippen LogP contribution >= 0.6 is 0 Å².